The quantitative estimate of drug-likeness (QED) is 0.383. The van der Waals surface area contributed by atoms with E-state index in [0.717, 1.165) is 0 Å². The van der Waals surface area contributed by atoms with Gasteiger partial charge in [0.15, 0.2) is 17.3 Å². The highest BCUT2D eigenvalue weighted by molar-refractivity contribution is 6.32. The summed E-state index contributed by atoms with van der Waals surface area (Å²) in [6.45, 7) is 15.5. The summed E-state index contributed by atoms with van der Waals surface area (Å²) in [6, 6.07) is 3.11. The van der Waals surface area contributed by atoms with Crippen molar-refractivity contribution in [1.82, 2.24) is 14.5 Å². The molecule has 0 saturated heterocycles. The lowest BCUT2D eigenvalue weighted by Crippen LogP contribution is -2.36. The average Bonchev–Trinajstić information content (AvgIpc) is 2.82. The Morgan fingerprint density at radius 3 is 2.14 bits per heavy atom. The second-order valence-corrected chi connectivity index (χ2v) is 7.28. The van der Waals surface area contributed by atoms with E-state index in [-0.39, 0.29) is 5.59 Å². The van der Waals surface area contributed by atoms with Gasteiger partial charge in [-0.2, -0.15) is 0 Å². The van der Waals surface area contributed by atoms with Crippen LogP contribution in [0.15, 0.2) is 35.4 Å². The zero-order valence-corrected chi connectivity index (χ0v) is 22.6. The van der Waals surface area contributed by atoms with Crippen LogP contribution in [0.25, 0.3) is 5.69 Å². The molecule has 196 valence electrons. The minimum atomic E-state index is -3.32. The van der Waals surface area contributed by atoms with Crippen molar-refractivity contribution in [3.63, 3.8) is 0 Å². The number of hydrogen-bond acceptors (Lipinski definition) is 6. The first-order valence-corrected chi connectivity index (χ1v) is 11.9. The molecule has 7 nitrogen and oxygen atoms in total. The molecule has 2 N–H and O–H groups in total. The van der Waals surface area contributed by atoms with Gasteiger partial charge in [-0.1, -0.05) is 59.6 Å². The van der Waals surface area contributed by atoms with Crippen LogP contribution < -0.4 is 15.9 Å². The number of rotatable bonds is 4. The van der Waals surface area contributed by atoms with E-state index in [1.54, 1.807) is 6.92 Å². The molecule has 3 aromatic heterocycles. The highest BCUT2D eigenvalue weighted by atomic mass is 35.5. The van der Waals surface area contributed by atoms with Crippen LogP contribution >= 0.6 is 11.6 Å². The van der Waals surface area contributed by atoms with Gasteiger partial charge in [-0.15, -0.1) is 0 Å². The van der Waals surface area contributed by atoms with E-state index >= 15 is 0 Å². The van der Waals surface area contributed by atoms with E-state index in [4.69, 9.17) is 24.2 Å². The van der Waals surface area contributed by atoms with Gasteiger partial charge in [0.05, 0.1) is 11.9 Å². The van der Waals surface area contributed by atoms with E-state index in [1.165, 1.54) is 36.2 Å². The fourth-order valence-corrected chi connectivity index (χ4v) is 2.86. The number of ether oxygens (including phenoxy) is 1. The van der Waals surface area contributed by atoms with E-state index in [9.17, 15) is 23.8 Å². The Hall–Kier alpha value is -2.82. The molecule has 3 aromatic rings. The van der Waals surface area contributed by atoms with Crippen LogP contribution in [-0.4, -0.2) is 32.6 Å². The normalized spacial score (nSPS) is 10.1. The van der Waals surface area contributed by atoms with Gasteiger partial charge in [0, 0.05) is 24.0 Å². The maximum absolute atomic E-state index is 13.9. The number of pyridine rings is 3. The first kappa shape index (κ1) is 33.2. The van der Waals surface area contributed by atoms with Gasteiger partial charge in [-0.05, 0) is 31.1 Å². The predicted molar refractivity (Wildman–Crippen MR) is 139 cm³/mol. The molecule has 0 saturated carbocycles. The molecule has 36 heavy (non-hydrogen) atoms. The summed E-state index contributed by atoms with van der Waals surface area (Å²) >= 11 is 6.07. The van der Waals surface area contributed by atoms with Crippen LogP contribution in [0.5, 0.6) is 5.75 Å². The molecule has 2 radical (unpaired) electrons. The maximum Gasteiger partial charge on any atom is 0.372 e. The molecule has 0 amide bonds. The fourth-order valence-electron chi connectivity index (χ4n) is 2.68. The molecule has 0 bridgehead atoms. The molecule has 3 heterocycles. The monoisotopic (exact) mass is 523 g/mol. The molecule has 0 fully saturated rings. The van der Waals surface area contributed by atoms with E-state index in [2.05, 4.69) is 23.8 Å². The summed E-state index contributed by atoms with van der Waals surface area (Å²) in [5, 5.41) is 19.7. The number of aryl methyl sites for hydroxylation is 2. The van der Waals surface area contributed by atoms with Crippen molar-refractivity contribution in [3.8, 4) is 11.4 Å². The van der Waals surface area contributed by atoms with Gasteiger partial charge in [0.2, 0.25) is 0 Å². The first-order valence-electron chi connectivity index (χ1n) is 11.5. The zero-order valence-electron chi connectivity index (χ0n) is 21.9. The second-order valence-electron chi connectivity index (χ2n) is 6.90. The molecule has 0 atom stereocenters. The molecule has 11 heteroatoms. The minimum absolute atomic E-state index is 0.177. The molecule has 0 unspecified atom stereocenters. The topological polar surface area (TPSA) is 97.5 Å². The van der Waals surface area contributed by atoms with Crippen LogP contribution in [0.1, 0.15) is 64.9 Å². The second kappa shape index (κ2) is 15.3. The molecule has 0 spiro atoms. The van der Waals surface area contributed by atoms with Crippen molar-refractivity contribution in [2.45, 2.75) is 67.8 Å². The van der Waals surface area contributed by atoms with Gasteiger partial charge < -0.3 is 14.9 Å². The lowest BCUT2D eigenvalue weighted by Gasteiger charge is -2.24. The molecule has 3 rings (SSSR count). The minimum Gasteiger partial charge on any atom is -0.433 e. The van der Waals surface area contributed by atoms with Crippen LogP contribution in [0.2, 0.25) is 5.02 Å². The molecule has 0 aliphatic rings. The van der Waals surface area contributed by atoms with Gasteiger partial charge in [0.25, 0.3) is 5.56 Å². The lowest BCUT2D eigenvalue weighted by molar-refractivity contribution is -0.308. The van der Waals surface area contributed by atoms with Crippen LogP contribution in [0.3, 0.4) is 0 Å². The van der Waals surface area contributed by atoms with Crippen molar-refractivity contribution in [3.05, 3.63) is 74.6 Å². The first-order chi connectivity index (χ1) is 16.9. The van der Waals surface area contributed by atoms with Crippen molar-refractivity contribution in [2.75, 3.05) is 0 Å². The Morgan fingerprint density at radius 2 is 1.61 bits per heavy atom. The van der Waals surface area contributed by atoms with Crippen LogP contribution in [0.4, 0.5) is 8.78 Å². The van der Waals surface area contributed by atoms with E-state index in [1.807, 2.05) is 27.7 Å². The van der Waals surface area contributed by atoms with Crippen molar-refractivity contribution >= 4 is 25.0 Å². The molecule has 0 aliphatic carbocycles. The fraction of sp³-hybridized carbons (Fsp3) is 0.400. The zero-order chi connectivity index (χ0) is 28.2. The Kier molecular flexibility index (Phi) is 14.1. The molecule has 0 aliphatic heterocycles. The third-order valence-corrected chi connectivity index (χ3v) is 4.35. The predicted octanol–water partition coefficient (Wildman–Crippen LogP) is 4.61. The van der Waals surface area contributed by atoms with Crippen molar-refractivity contribution in [1.29, 1.82) is 0 Å². The summed E-state index contributed by atoms with van der Waals surface area (Å²) < 4.78 is 33.1. The average molecular weight is 524 g/mol. The van der Waals surface area contributed by atoms with Gasteiger partial charge in [0.1, 0.15) is 18.7 Å². The number of hydrogen-bond donors (Lipinski definition) is 2. The highest BCUT2D eigenvalue weighted by Gasteiger charge is 2.36. The Labute approximate surface area is 217 Å². The van der Waals surface area contributed by atoms with Crippen LogP contribution in [-0.2, 0) is 5.97 Å². The van der Waals surface area contributed by atoms with Crippen molar-refractivity contribution in [2.24, 2.45) is 0 Å². The summed E-state index contributed by atoms with van der Waals surface area (Å²) in [4.78, 5) is 20.0. The van der Waals surface area contributed by atoms with Crippen molar-refractivity contribution < 1.29 is 23.7 Å². The van der Waals surface area contributed by atoms with E-state index in [0.29, 0.717) is 29.2 Å². The Balaban J connectivity index is 0.00000159. The van der Waals surface area contributed by atoms with Gasteiger partial charge >= 0.3 is 5.97 Å². The number of aromatic nitrogens is 3. The smallest absolute Gasteiger partial charge is 0.372 e. The number of nitrogens with zero attached hydrogens (tertiary/aromatic N) is 3. The number of halogens is 3. The SMILES string of the molecule is CC.CC.CCC.[B]c1cc(-n2c(C)cc(OC(O)(O)c3ncc(F)cc3F)c(Cl)c2=O)c(C)cn1. The third-order valence-electron chi connectivity index (χ3n) is 4.01. The number of aliphatic hydroxyl groups is 2. The summed E-state index contributed by atoms with van der Waals surface area (Å²) in [5.41, 5.74) is -0.236. The standard InChI is InChI=1S/C18H13BClF2N3O4.C3H8.2C2H6/c1-8-6-23-14(19)5-12(8)25-9(2)3-13(15(20)17(25)26)29-18(27,28)16-11(22)4-10(21)7-24-16;1-3-2;2*1-2/h3-7,27-28H,1-2H3;3H2,1-2H3;2*1-2H3. The molecular weight excluding hydrogens is 491 g/mol. The summed E-state index contributed by atoms with van der Waals surface area (Å²) in [6.07, 6.45) is 3.30. The van der Waals surface area contributed by atoms with E-state index < -0.39 is 39.6 Å². The summed E-state index contributed by atoms with van der Waals surface area (Å²) in [5.74, 6) is -6.14. The third kappa shape index (κ3) is 8.39. The van der Waals surface area contributed by atoms with Crippen LogP contribution in [0, 0.1) is 25.5 Å². The highest BCUT2D eigenvalue weighted by Crippen LogP contribution is 2.30. The largest absolute Gasteiger partial charge is 0.433 e. The molecular formula is C25H33BClF2N3O4. The summed E-state index contributed by atoms with van der Waals surface area (Å²) in [7, 11) is 5.69. The Morgan fingerprint density at radius 1 is 1.06 bits per heavy atom. The Bertz CT molecular complexity index is 1190. The molecule has 0 aromatic carbocycles. The van der Waals surface area contributed by atoms with Gasteiger partial charge in [-0.3, -0.25) is 14.3 Å². The lowest BCUT2D eigenvalue weighted by atomic mass is 10.0. The van der Waals surface area contributed by atoms with Gasteiger partial charge in [-0.25, -0.2) is 13.8 Å². The maximum atomic E-state index is 13.9.